The van der Waals surface area contributed by atoms with E-state index in [4.69, 9.17) is 16.3 Å². The third kappa shape index (κ3) is 7.50. The Morgan fingerprint density at radius 3 is 2.81 bits per heavy atom. The van der Waals surface area contributed by atoms with Gasteiger partial charge in [0.2, 0.25) is 0 Å². The standard InChI is InChI=1S/C16H25BrClNO2/c1-3-4-5-6-7-21-11-13(20)10-19-16-9-15(18)12(2)8-14(16)17/h8-9,13,19-20H,3-7,10-11H2,1-2H3. The number of nitrogens with one attached hydrogen (secondary N) is 1. The summed E-state index contributed by atoms with van der Waals surface area (Å²) in [5.41, 5.74) is 1.90. The molecule has 1 unspecified atom stereocenters. The second kappa shape index (κ2) is 10.4. The van der Waals surface area contributed by atoms with Gasteiger partial charge in [-0.1, -0.05) is 37.8 Å². The SMILES string of the molecule is CCCCCCOCC(O)CNc1cc(Cl)c(C)cc1Br. The van der Waals surface area contributed by atoms with Gasteiger partial charge in [-0.05, 0) is 47.0 Å². The zero-order valence-electron chi connectivity index (χ0n) is 12.8. The van der Waals surface area contributed by atoms with Crippen molar-refractivity contribution in [3.8, 4) is 0 Å². The van der Waals surface area contributed by atoms with Crippen LogP contribution >= 0.6 is 27.5 Å². The molecule has 0 aliphatic heterocycles. The van der Waals surface area contributed by atoms with Crippen molar-refractivity contribution in [1.82, 2.24) is 0 Å². The van der Waals surface area contributed by atoms with Crippen LogP contribution in [0.5, 0.6) is 0 Å². The molecule has 1 aromatic rings. The van der Waals surface area contributed by atoms with E-state index in [1.54, 1.807) is 0 Å². The van der Waals surface area contributed by atoms with E-state index in [9.17, 15) is 5.11 Å². The number of hydrogen-bond acceptors (Lipinski definition) is 3. The van der Waals surface area contributed by atoms with Gasteiger partial charge in [-0.15, -0.1) is 0 Å². The molecular weight excluding hydrogens is 354 g/mol. The molecule has 0 bridgehead atoms. The fraction of sp³-hybridized carbons (Fsp3) is 0.625. The van der Waals surface area contributed by atoms with E-state index in [1.165, 1.54) is 19.3 Å². The third-order valence-corrected chi connectivity index (χ3v) is 4.29. The number of rotatable bonds is 10. The quantitative estimate of drug-likeness (QED) is 0.576. The Bertz CT molecular complexity index is 429. The summed E-state index contributed by atoms with van der Waals surface area (Å²) in [6, 6.07) is 3.82. The number of aliphatic hydroxyl groups is 1. The van der Waals surface area contributed by atoms with Crippen LogP contribution in [0.4, 0.5) is 5.69 Å². The minimum Gasteiger partial charge on any atom is -0.389 e. The Morgan fingerprint density at radius 1 is 1.33 bits per heavy atom. The summed E-state index contributed by atoms with van der Waals surface area (Å²) in [6.07, 6.45) is 4.20. The highest BCUT2D eigenvalue weighted by Gasteiger charge is 2.08. The Morgan fingerprint density at radius 2 is 2.10 bits per heavy atom. The molecule has 0 saturated carbocycles. The molecule has 0 saturated heterocycles. The number of unbranched alkanes of at least 4 members (excludes halogenated alkanes) is 3. The average Bonchev–Trinajstić information content (AvgIpc) is 2.45. The van der Waals surface area contributed by atoms with Crippen LogP contribution < -0.4 is 5.32 Å². The molecule has 1 rings (SSSR count). The molecular formula is C16H25BrClNO2. The highest BCUT2D eigenvalue weighted by molar-refractivity contribution is 9.10. The molecule has 0 aromatic heterocycles. The minimum absolute atomic E-state index is 0.357. The Hall–Kier alpha value is -0.290. The molecule has 21 heavy (non-hydrogen) atoms. The Labute approximate surface area is 141 Å². The lowest BCUT2D eigenvalue weighted by Gasteiger charge is -2.15. The number of hydrogen-bond donors (Lipinski definition) is 2. The van der Waals surface area contributed by atoms with E-state index in [2.05, 4.69) is 28.2 Å². The van der Waals surface area contributed by atoms with E-state index in [-0.39, 0.29) is 0 Å². The second-order valence-electron chi connectivity index (χ2n) is 5.25. The second-order valence-corrected chi connectivity index (χ2v) is 6.51. The molecule has 120 valence electrons. The van der Waals surface area contributed by atoms with Crippen molar-refractivity contribution < 1.29 is 9.84 Å². The van der Waals surface area contributed by atoms with Crippen LogP contribution in [-0.2, 0) is 4.74 Å². The van der Waals surface area contributed by atoms with Gasteiger partial charge < -0.3 is 15.2 Å². The van der Waals surface area contributed by atoms with Crippen LogP contribution in [0.25, 0.3) is 0 Å². The zero-order valence-corrected chi connectivity index (χ0v) is 15.1. The first kappa shape index (κ1) is 18.8. The smallest absolute Gasteiger partial charge is 0.0945 e. The topological polar surface area (TPSA) is 41.5 Å². The Balaban J connectivity index is 2.24. The van der Waals surface area contributed by atoms with Crippen LogP contribution in [0.3, 0.4) is 0 Å². The van der Waals surface area contributed by atoms with E-state index >= 15 is 0 Å². The van der Waals surface area contributed by atoms with E-state index < -0.39 is 6.10 Å². The molecule has 0 fully saturated rings. The number of anilines is 1. The van der Waals surface area contributed by atoms with Crippen LogP contribution in [0.1, 0.15) is 38.2 Å². The number of benzene rings is 1. The van der Waals surface area contributed by atoms with Gasteiger partial charge in [-0.2, -0.15) is 0 Å². The molecule has 0 spiro atoms. The van der Waals surface area contributed by atoms with Crippen molar-refractivity contribution in [2.75, 3.05) is 25.1 Å². The van der Waals surface area contributed by atoms with Crippen LogP contribution in [-0.4, -0.2) is 31.0 Å². The largest absolute Gasteiger partial charge is 0.389 e. The maximum Gasteiger partial charge on any atom is 0.0945 e. The van der Waals surface area contributed by atoms with E-state index in [0.29, 0.717) is 18.2 Å². The number of aryl methyl sites for hydroxylation is 1. The van der Waals surface area contributed by atoms with Crippen molar-refractivity contribution in [2.45, 2.75) is 45.6 Å². The number of halogens is 2. The van der Waals surface area contributed by atoms with E-state index in [1.807, 2.05) is 19.1 Å². The summed E-state index contributed by atoms with van der Waals surface area (Å²) in [7, 11) is 0. The predicted octanol–water partition coefficient (Wildman–Crippen LogP) is 4.78. The summed E-state index contributed by atoms with van der Waals surface area (Å²) in [5.74, 6) is 0. The van der Waals surface area contributed by atoms with Gasteiger partial charge in [0.05, 0.1) is 18.4 Å². The summed E-state index contributed by atoms with van der Waals surface area (Å²) < 4.78 is 6.42. The molecule has 3 nitrogen and oxygen atoms in total. The normalized spacial score (nSPS) is 12.4. The van der Waals surface area contributed by atoms with Gasteiger partial charge in [0.1, 0.15) is 0 Å². The van der Waals surface area contributed by atoms with Crippen molar-refractivity contribution in [3.63, 3.8) is 0 Å². The summed E-state index contributed by atoms with van der Waals surface area (Å²) >= 11 is 9.58. The van der Waals surface area contributed by atoms with E-state index in [0.717, 1.165) is 28.8 Å². The summed E-state index contributed by atoms with van der Waals surface area (Å²) in [5, 5.41) is 13.8. The summed E-state index contributed by atoms with van der Waals surface area (Å²) in [6.45, 7) is 5.66. The van der Waals surface area contributed by atoms with Crippen LogP contribution in [0.15, 0.2) is 16.6 Å². The van der Waals surface area contributed by atoms with Crippen molar-refractivity contribution in [1.29, 1.82) is 0 Å². The van der Waals surface area contributed by atoms with Crippen LogP contribution in [0, 0.1) is 6.92 Å². The first-order chi connectivity index (χ1) is 10.0. The van der Waals surface area contributed by atoms with Gasteiger partial charge in [0.25, 0.3) is 0 Å². The molecule has 1 atom stereocenters. The fourth-order valence-electron chi connectivity index (χ4n) is 1.92. The highest BCUT2D eigenvalue weighted by atomic mass is 79.9. The zero-order chi connectivity index (χ0) is 15.7. The Kier molecular flexibility index (Phi) is 9.32. The van der Waals surface area contributed by atoms with Crippen molar-refractivity contribution in [3.05, 3.63) is 27.2 Å². The maximum absolute atomic E-state index is 9.89. The molecule has 0 aliphatic rings. The van der Waals surface area contributed by atoms with Gasteiger partial charge in [-0.3, -0.25) is 0 Å². The fourth-order valence-corrected chi connectivity index (χ4v) is 2.68. The lowest BCUT2D eigenvalue weighted by molar-refractivity contribution is 0.0416. The molecule has 5 heteroatoms. The van der Waals surface area contributed by atoms with Gasteiger partial charge >= 0.3 is 0 Å². The first-order valence-electron chi connectivity index (χ1n) is 7.50. The maximum atomic E-state index is 9.89. The predicted molar refractivity (Wildman–Crippen MR) is 93.3 cm³/mol. The lowest BCUT2D eigenvalue weighted by atomic mass is 10.2. The van der Waals surface area contributed by atoms with Crippen LogP contribution in [0.2, 0.25) is 5.02 Å². The number of ether oxygens (including phenoxy) is 1. The number of aliphatic hydroxyl groups excluding tert-OH is 1. The molecule has 2 N–H and O–H groups in total. The molecule has 0 amide bonds. The van der Waals surface area contributed by atoms with Crippen molar-refractivity contribution >= 4 is 33.2 Å². The highest BCUT2D eigenvalue weighted by Crippen LogP contribution is 2.29. The van der Waals surface area contributed by atoms with Gasteiger partial charge in [0, 0.05) is 22.6 Å². The minimum atomic E-state index is -0.525. The monoisotopic (exact) mass is 377 g/mol. The van der Waals surface area contributed by atoms with Gasteiger partial charge in [0.15, 0.2) is 0 Å². The third-order valence-electron chi connectivity index (χ3n) is 3.23. The lowest BCUT2D eigenvalue weighted by Crippen LogP contribution is -2.25. The molecule has 1 aromatic carbocycles. The summed E-state index contributed by atoms with van der Waals surface area (Å²) in [4.78, 5) is 0. The molecule has 0 aliphatic carbocycles. The van der Waals surface area contributed by atoms with Crippen molar-refractivity contribution in [2.24, 2.45) is 0 Å². The molecule has 0 heterocycles. The first-order valence-corrected chi connectivity index (χ1v) is 8.67. The molecule has 0 radical (unpaired) electrons. The average molecular weight is 379 g/mol. The van der Waals surface area contributed by atoms with Gasteiger partial charge in [-0.25, -0.2) is 0 Å².